The van der Waals surface area contributed by atoms with E-state index in [-0.39, 0.29) is 18.4 Å². The third-order valence-electron chi connectivity index (χ3n) is 4.85. The van der Waals surface area contributed by atoms with Crippen molar-refractivity contribution in [2.24, 2.45) is 0 Å². The van der Waals surface area contributed by atoms with Crippen molar-refractivity contribution in [3.63, 3.8) is 0 Å². The summed E-state index contributed by atoms with van der Waals surface area (Å²) >= 11 is 0. The molecule has 1 aliphatic rings. The van der Waals surface area contributed by atoms with Gasteiger partial charge in [-0.2, -0.15) is 0 Å². The van der Waals surface area contributed by atoms with E-state index in [1.807, 2.05) is 60.7 Å². The van der Waals surface area contributed by atoms with Gasteiger partial charge in [0.25, 0.3) is 5.91 Å². The maximum atomic E-state index is 13.0. The second kappa shape index (κ2) is 9.21. The van der Waals surface area contributed by atoms with Crippen molar-refractivity contribution < 1.29 is 14.3 Å². The minimum absolute atomic E-state index is 0.00776. The van der Waals surface area contributed by atoms with Crippen LogP contribution in [0.4, 0.5) is 0 Å². The molecule has 0 aliphatic carbocycles. The normalized spacial score (nSPS) is 16.6. The van der Waals surface area contributed by atoms with Crippen LogP contribution in [0.3, 0.4) is 0 Å². The number of para-hydroxylation sites is 1. The Morgan fingerprint density at radius 3 is 2.41 bits per heavy atom. The van der Waals surface area contributed by atoms with Crippen LogP contribution in [-0.4, -0.2) is 47.9 Å². The first kappa shape index (κ1) is 19.0. The molecular weight excluding hydrogens is 340 g/mol. The zero-order valence-electron chi connectivity index (χ0n) is 15.7. The molecule has 0 spiro atoms. The predicted octanol–water partition coefficient (Wildman–Crippen LogP) is 3.11. The number of hydrogen-bond acceptors (Lipinski definition) is 3. The second-order valence-corrected chi connectivity index (χ2v) is 6.88. The van der Waals surface area contributed by atoms with Gasteiger partial charge in [-0.3, -0.25) is 9.59 Å². The molecule has 1 fully saturated rings. The Kier molecular flexibility index (Phi) is 6.47. The lowest BCUT2D eigenvalue weighted by molar-refractivity contribution is -0.148. The minimum atomic E-state index is -0.403. The summed E-state index contributed by atoms with van der Waals surface area (Å²) in [6, 6.07) is 18.8. The van der Waals surface area contributed by atoms with Crippen LogP contribution in [0.2, 0.25) is 0 Å². The molecule has 142 valence electrons. The molecule has 1 atom stereocenters. The van der Waals surface area contributed by atoms with Crippen molar-refractivity contribution in [3.05, 3.63) is 66.2 Å². The molecule has 5 heteroatoms. The van der Waals surface area contributed by atoms with Crippen molar-refractivity contribution in [3.8, 4) is 5.75 Å². The number of hydrogen-bond donors (Lipinski definition) is 0. The molecule has 5 nitrogen and oxygen atoms in total. The summed E-state index contributed by atoms with van der Waals surface area (Å²) in [6.07, 6.45) is 2.58. The van der Waals surface area contributed by atoms with Gasteiger partial charge in [0.05, 0.1) is 0 Å². The van der Waals surface area contributed by atoms with Crippen LogP contribution < -0.4 is 4.74 Å². The van der Waals surface area contributed by atoms with Crippen LogP contribution in [0.15, 0.2) is 60.7 Å². The fraction of sp³-hybridized carbons (Fsp3) is 0.364. The molecule has 1 saturated heterocycles. The number of rotatable bonds is 6. The van der Waals surface area contributed by atoms with E-state index in [9.17, 15) is 9.59 Å². The third kappa shape index (κ3) is 5.09. The Morgan fingerprint density at radius 1 is 1.04 bits per heavy atom. The quantitative estimate of drug-likeness (QED) is 0.789. The summed E-state index contributed by atoms with van der Waals surface area (Å²) in [5, 5.41) is 0. The SMILES string of the molecule is CN(Cc1ccccc1)C(=O)[C@H]1CCCCN1C(=O)COc1ccccc1. The first-order valence-electron chi connectivity index (χ1n) is 9.41. The number of ether oxygens (including phenoxy) is 1. The fourth-order valence-corrected chi connectivity index (χ4v) is 3.42. The molecule has 1 heterocycles. The average Bonchev–Trinajstić information content (AvgIpc) is 2.73. The fourth-order valence-electron chi connectivity index (χ4n) is 3.42. The maximum absolute atomic E-state index is 13.0. The lowest BCUT2D eigenvalue weighted by atomic mass is 10.0. The number of nitrogens with zero attached hydrogens (tertiary/aromatic N) is 2. The van der Waals surface area contributed by atoms with E-state index >= 15 is 0 Å². The van der Waals surface area contributed by atoms with E-state index in [2.05, 4.69) is 0 Å². The number of carbonyl (C=O) groups excluding carboxylic acids is 2. The van der Waals surface area contributed by atoms with Crippen molar-refractivity contribution in [2.75, 3.05) is 20.2 Å². The lowest BCUT2D eigenvalue weighted by Crippen LogP contribution is -2.53. The standard InChI is InChI=1S/C22H26N2O3/c1-23(16-18-10-4-2-5-11-18)22(26)20-14-8-9-15-24(20)21(25)17-27-19-12-6-3-7-13-19/h2-7,10-13,20H,8-9,14-17H2,1H3/t20-/m1/s1. The van der Waals surface area contributed by atoms with Gasteiger partial charge in [-0.05, 0) is 37.0 Å². The van der Waals surface area contributed by atoms with Crippen LogP contribution in [0.1, 0.15) is 24.8 Å². The number of likely N-dealkylation sites (N-methyl/N-ethyl adjacent to an activating group) is 1. The highest BCUT2D eigenvalue weighted by Crippen LogP contribution is 2.20. The van der Waals surface area contributed by atoms with Gasteiger partial charge in [-0.25, -0.2) is 0 Å². The Balaban J connectivity index is 1.61. The predicted molar refractivity (Wildman–Crippen MR) is 104 cm³/mol. The van der Waals surface area contributed by atoms with Gasteiger partial charge >= 0.3 is 0 Å². The van der Waals surface area contributed by atoms with Crippen molar-refractivity contribution in [2.45, 2.75) is 31.8 Å². The summed E-state index contributed by atoms with van der Waals surface area (Å²) in [4.78, 5) is 29.1. The van der Waals surface area contributed by atoms with Crippen molar-refractivity contribution in [1.29, 1.82) is 0 Å². The van der Waals surface area contributed by atoms with Gasteiger partial charge in [0.2, 0.25) is 5.91 Å². The minimum Gasteiger partial charge on any atom is -0.484 e. The Hall–Kier alpha value is -2.82. The van der Waals surface area contributed by atoms with Gasteiger partial charge in [0.15, 0.2) is 6.61 Å². The van der Waals surface area contributed by atoms with E-state index in [0.717, 1.165) is 18.4 Å². The second-order valence-electron chi connectivity index (χ2n) is 6.88. The zero-order chi connectivity index (χ0) is 19.1. The molecule has 2 aromatic rings. The molecular formula is C22H26N2O3. The summed E-state index contributed by atoms with van der Waals surface area (Å²) in [5.74, 6) is 0.517. The number of likely N-dealkylation sites (tertiary alicyclic amines) is 1. The van der Waals surface area contributed by atoms with Crippen LogP contribution in [0.5, 0.6) is 5.75 Å². The van der Waals surface area contributed by atoms with E-state index in [4.69, 9.17) is 4.74 Å². The van der Waals surface area contributed by atoms with E-state index in [1.54, 1.807) is 16.8 Å². The molecule has 2 aromatic carbocycles. The van der Waals surface area contributed by atoms with E-state index in [0.29, 0.717) is 25.3 Å². The molecule has 27 heavy (non-hydrogen) atoms. The van der Waals surface area contributed by atoms with Gasteiger partial charge in [0, 0.05) is 20.1 Å². The van der Waals surface area contributed by atoms with E-state index < -0.39 is 6.04 Å². The zero-order valence-corrected chi connectivity index (χ0v) is 15.7. The Morgan fingerprint density at radius 2 is 1.70 bits per heavy atom. The number of benzene rings is 2. The molecule has 0 N–H and O–H groups in total. The molecule has 0 unspecified atom stereocenters. The van der Waals surface area contributed by atoms with Crippen LogP contribution in [-0.2, 0) is 16.1 Å². The Labute approximate surface area is 160 Å². The van der Waals surface area contributed by atoms with Gasteiger partial charge < -0.3 is 14.5 Å². The van der Waals surface area contributed by atoms with E-state index in [1.165, 1.54) is 0 Å². The first-order chi connectivity index (χ1) is 13.1. The van der Waals surface area contributed by atoms with Crippen molar-refractivity contribution >= 4 is 11.8 Å². The van der Waals surface area contributed by atoms with Gasteiger partial charge in [0.1, 0.15) is 11.8 Å². The highest BCUT2D eigenvalue weighted by molar-refractivity contribution is 5.88. The summed E-state index contributed by atoms with van der Waals surface area (Å²) in [7, 11) is 1.80. The number of piperidine rings is 1. The molecule has 0 aromatic heterocycles. The van der Waals surface area contributed by atoms with Crippen LogP contribution >= 0.6 is 0 Å². The average molecular weight is 366 g/mol. The topological polar surface area (TPSA) is 49.9 Å². The summed E-state index contributed by atoms with van der Waals surface area (Å²) < 4.78 is 5.59. The smallest absolute Gasteiger partial charge is 0.261 e. The van der Waals surface area contributed by atoms with Crippen LogP contribution in [0.25, 0.3) is 0 Å². The molecule has 3 rings (SSSR count). The summed E-state index contributed by atoms with van der Waals surface area (Å²) in [6.45, 7) is 1.10. The largest absolute Gasteiger partial charge is 0.484 e. The third-order valence-corrected chi connectivity index (χ3v) is 4.85. The molecule has 1 aliphatic heterocycles. The maximum Gasteiger partial charge on any atom is 0.261 e. The summed E-state index contributed by atoms with van der Waals surface area (Å²) in [5.41, 5.74) is 1.08. The molecule has 0 saturated carbocycles. The number of amides is 2. The lowest BCUT2D eigenvalue weighted by Gasteiger charge is -2.36. The Bertz CT molecular complexity index is 749. The van der Waals surface area contributed by atoms with Gasteiger partial charge in [-0.1, -0.05) is 48.5 Å². The highest BCUT2D eigenvalue weighted by atomic mass is 16.5. The first-order valence-corrected chi connectivity index (χ1v) is 9.41. The molecule has 2 amide bonds. The monoisotopic (exact) mass is 366 g/mol. The van der Waals surface area contributed by atoms with Crippen molar-refractivity contribution in [1.82, 2.24) is 9.80 Å². The van der Waals surface area contributed by atoms with Crippen LogP contribution in [0, 0.1) is 0 Å². The molecule has 0 radical (unpaired) electrons. The van der Waals surface area contributed by atoms with Gasteiger partial charge in [-0.15, -0.1) is 0 Å². The number of carbonyl (C=O) groups is 2. The highest BCUT2D eigenvalue weighted by Gasteiger charge is 2.33. The molecule has 0 bridgehead atoms.